The van der Waals surface area contributed by atoms with E-state index in [4.69, 9.17) is 14.4 Å². The highest BCUT2D eigenvalue weighted by molar-refractivity contribution is 5.99. The van der Waals surface area contributed by atoms with Gasteiger partial charge < -0.3 is 9.52 Å². The van der Waals surface area contributed by atoms with Crippen molar-refractivity contribution in [1.29, 1.82) is 0 Å². The van der Waals surface area contributed by atoms with Gasteiger partial charge in [-0.25, -0.2) is 4.98 Å². The number of nitrogens with zero attached hydrogens (tertiary/aromatic N) is 2. The Labute approximate surface area is 260 Å². The molecule has 0 unspecified atom stereocenters. The van der Waals surface area contributed by atoms with Crippen LogP contribution in [0.15, 0.2) is 89.5 Å². The molecule has 4 nitrogen and oxygen atoms in total. The van der Waals surface area contributed by atoms with Gasteiger partial charge in [-0.1, -0.05) is 98.7 Å². The van der Waals surface area contributed by atoms with Gasteiger partial charge >= 0.3 is 0 Å². The van der Waals surface area contributed by atoms with Gasteiger partial charge in [0.2, 0.25) is 5.89 Å². The van der Waals surface area contributed by atoms with Gasteiger partial charge in [-0.15, -0.1) is 0 Å². The molecular formula is C40H42N2O2. The van der Waals surface area contributed by atoms with Crippen molar-refractivity contribution in [2.45, 2.75) is 78.6 Å². The predicted octanol–water partition coefficient (Wildman–Crippen LogP) is 11.0. The highest BCUT2D eigenvalue weighted by Gasteiger charge is 2.25. The van der Waals surface area contributed by atoms with E-state index < -0.39 is 0 Å². The van der Waals surface area contributed by atoms with Crippen molar-refractivity contribution >= 4 is 22.0 Å². The van der Waals surface area contributed by atoms with Crippen molar-refractivity contribution in [2.75, 3.05) is 0 Å². The summed E-state index contributed by atoms with van der Waals surface area (Å²) in [4.78, 5) is 9.90. The first-order valence-corrected chi connectivity index (χ1v) is 15.4. The van der Waals surface area contributed by atoms with E-state index in [0.717, 1.165) is 33.3 Å². The van der Waals surface area contributed by atoms with E-state index in [1.807, 2.05) is 30.5 Å². The van der Waals surface area contributed by atoms with Crippen LogP contribution < -0.4 is 0 Å². The number of pyridine rings is 1. The third-order valence-corrected chi connectivity index (χ3v) is 8.49. The first kappa shape index (κ1) is 29.6. The number of rotatable bonds is 3. The predicted molar refractivity (Wildman–Crippen MR) is 183 cm³/mol. The minimum Gasteiger partial charge on any atom is -0.507 e. The SMILES string of the molecule is CC(C)(C)c1cc(-c2cccc3oc(-c4ccccc4O)nc23)cc(-c2cc(C(C)(C)C)cc3c(C(C)(C)C)ccnc23)c1. The second kappa shape index (κ2) is 10.3. The third kappa shape index (κ3) is 5.38. The molecule has 0 aliphatic carbocycles. The standard InChI is InChI=1S/C40H42N2O2/c1-38(2,3)26-20-24(28-14-12-16-34-36(28)42-37(44-34)29-13-10-11-15-33(29)43)19-25(21-26)30-22-27(39(4,5)6)23-31-32(40(7,8)9)17-18-41-35(30)31/h10-23,43H,1-9H3. The number of hydrogen-bond donors (Lipinski definition) is 1. The van der Waals surface area contributed by atoms with Crippen LogP contribution >= 0.6 is 0 Å². The lowest BCUT2D eigenvalue weighted by Crippen LogP contribution is -2.15. The van der Waals surface area contributed by atoms with Crippen LogP contribution in [-0.4, -0.2) is 15.1 Å². The van der Waals surface area contributed by atoms with Crippen LogP contribution in [0.3, 0.4) is 0 Å². The zero-order valence-corrected chi connectivity index (χ0v) is 27.3. The van der Waals surface area contributed by atoms with Crippen LogP contribution in [0.4, 0.5) is 0 Å². The minimum atomic E-state index is -0.0924. The molecule has 2 aromatic heterocycles. The van der Waals surface area contributed by atoms with Gasteiger partial charge in [-0.3, -0.25) is 4.98 Å². The Morgan fingerprint density at radius 1 is 0.591 bits per heavy atom. The minimum absolute atomic E-state index is 0.0269. The van der Waals surface area contributed by atoms with Gasteiger partial charge in [0.05, 0.1) is 11.1 Å². The molecule has 0 saturated carbocycles. The van der Waals surface area contributed by atoms with Crippen molar-refractivity contribution < 1.29 is 9.52 Å². The van der Waals surface area contributed by atoms with E-state index in [9.17, 15) is 5.11 Å². The van der Waals surface area contributed by atoms with Gasteiger partial charge in [-0.05, 0) is 86.5 Å². The molecule has 4 aromatic carbocycles. The molecule has 0 fully saturated rings. The van der Waals surface area contributed by atoms with Crippen LogP contribution in [0.1, 0.15) is 79.0 Å². The number of fused-ring (bicyclic) bond motifs is 2. The fraction of sp³-hybridized carbons (Fsp3) is 0.300. The maximum absolute atomic E-state index is 10.5. The second-order valence-corrected chi connectivity index (χ2v) is 15.0. The number of oxazole rings is 1. The zero-order chi connectivity index (χ0) is 31.6. The molecule has 0 atom stereocenters. The highest BCUT2D eigenvalue weighted by atomic mass is 16.3. The zero-order valence-electron chi connectivity index (χ0n) is 27.3. The molecule has 1 N–H and O–H groups in total. The molecule has 4 heteroatoms. The Bertz CT molecular complexity index is 2030. The van der Waals surface area contributed by atoms with Gasteiger partial charge in [-0.2, -0.15) is 0 Å². The summed E-state index contributed by atoms with van der Waals surface area (Å²) < 4.78 is 6.18. The van der Waals surface area contributed by atoms with E-state index >= 15 is 0 Å². The lowest BCUT2D eigenvalue weighted by Gasteiger charge is -2.26. The van der Waals surface area contributed by atoms with Crippen molar-refractivity contribution in [1.82, 2.24) is 9.97 Å². The number of phenolic OH excluding ortho intramolecular Hbond substituents is 1. The molecule has 6 aromatic rings. The molecule has 0 radical (unpaired) electrons. The Balaban J connectivity index is 1.64. The number of phenols is 1. The number of aromatic hydroxyl groups is 1. The van der Waals surface area contributed by atoms with E-state index in [-0.39, 0.29) is 22.0 Å². The molecule has 0 aliphatic rings. The van der Waals surface area contributed by atoms with Gasteiger partial charge in [0, 0.05) is 22.7 Å². The summed E-state index contributed by atoms with van der Waals surface area (Å²) in [7, 11) is 0. The summed E-state index contributed by atoms with van der Waals surface area (Å²) in [5, 5.41) is 11.7. The normalized spacial score (nSPS) is 12.8. The van der Waals surface area contributed by atoms with Crippen LogP contribution in [0.25, 0.3) is 55.7 Å². The van der Waals surface area contributed by atoms with Crippen molar-refractivity contribution in [3.05, 3.63) is 102 Å². The van der Waals surface area contributed by atoms with E-state index in [1.165, 1.54) is 22.1 Å². The van der Waals surface area contributed by atoms with Crippen LogP contribution in [0.2, 0.25) is 0 Å². The number of para-hydroxylation sites is 2. The third-order valence-electron chi connectivity index (χ3n) is 8.49. The Morgan fingerprint density at radius 3 is 1.89 bits per heavy atom. The Hall–Kier alpha value is -4.44. The molecule has 0 amide bonds. The fourth-order valence-electron chi connectivity index (χ4n) is 5.88. The first-order chi connectivity index (χ1) is 20.6. The summed E-state index contributed by atoms with van der Waals surface area (Å²) in [6, 6.07) is 26.9. The highest BCUT2D eigenvalue weighted by Crippen LogP contribution is 2.42. The van der Waals surface area contributed by atoms with Gasteiger partial charge in [0.25, 0.3) is 0 Å². The summed E-state index contributed by atoms with van der Waals surface area (Å²) in [6.45, 7) is 20.4. The van der Waals surface area contributed by atoms with Crippen molar-refractivity contribution in [2.24, 2.45) is 0 Å². The number of benzene rings is 4. The summed E-state index contributed by atoms with van der Waals surface area (Å²) >= 11 is 0. The number of aromatic nitrogens is 2. The molecular weight excluding hydrogens is 540 g/mol. The fourth-order valence-corrected chi connectivity index (χ4v) is 5.88. The molecule has 44 heavy (non-hydrogen) atoms. The molecule has 6 rings (SSSR count). The molecule has 2 heterocycles. The molecule has 0 bridgehead atoms. The second-order valence-electron chi connectivity index (χ2n) is 15.0. The molecule has 0 aliphatic heterocycles. The average Bonchev–Trinajstić information content (AvgIpc) is 3.39. The maximum Gasteiger partial charge on any atom is 0.231 e. The summed E-state index contributed by atoms with van der Waals surface area (Å²) in [6.07, 6.45) is 1.95. The van der Waals surface area contributed by atoms with E-state index in [0.29, 0.717) is 17.0 Å². The topological polar surface area (TPSA) is 59.2 Å². The lowest BCUT2D eigenvalue weighted by atomic mass is 9.79. The average molecular weight is 583 g/mol. The molecule has 0 spiro atoms. The Morgan fingerprint density at radius 2 is 1.23 bits per heavy atom. The van der Waals surface area contributed by atoms with E-state index in [2.05, 4.69) is 105 Å². The van der Waals surface area contributed by atoms with Crippen LogP contribution in [0, 0.1) is 0 Å². The summed E-state index contributed by atoms with van der Waals surface area (Å²) in [5.74, 6) is 0.547. The first-order valence-electron chi connectivity index (χ1n) is 15.4. The van der Waals surface area contributed by atoms with Crippen molar-refractivity contribution in [3.8, 4) is 39.5 Å². The Kier molecular flexibility index (Phi) is 6.96. The number of hydrogen-bond acceptors (Lipinski definition) is 4. The van der Waals surface area contributed by atoms with E-state index in [1.54, 1.807) is 12.1 Å². The molecule has 224 valence electrons. The van der Waals surface area contributed by atoms with Gasteiger partial charge in [0.15, 0.2) is 5.58 Å². The summed E-state index contributed by atoms with van der Waals surface area (Å²) in [5.41, 5.74) is 11.0. The molecule has 0 saturated heterocycles. The maximum atomic E-state index is 10.5. The van der Waals surface area contributed by atoms with Crippen molar-refractivity contribution in [3.63, 3.8) is 0 Å². The van der Waals surface area contributed by atoms with Gasteiger partial charge in [0.1, 0.15) is 11.3 Å². The van der Waals surface area contributed by atoms with Crippen LogP contribution in [0.5, 0.6) is 5.75 Å². The quantitative estimate of drug-likeness (QED) is 0.225. The largest absolute Gasteiger partial charge is 0.507 e. The smallest absolute Gasteiger partial charge is 0.231 e. The monoisotopic (exact) mass is 582 g/mol. The lowest BCUT2D eigenvalue weighted by molar-refractivity contribution is 0.474. The van der Waals surface area contributed by atoms with Crippen LogP contribution in [-0.2, 0) is 16.2 Å².